The Morgan fingerprint density at radius 1 is 0.629 bits per heavy atom. The Labute approximate surface area is 202 Å². The molecular formula is C32H22N2O. The molecule has 166 valence electrons. The van der Waals surface area contributed by atoms with Crippen LogP contribution in [0.15, 0.2) is 114 Å². The molecule has 0 radical (unpaired) electrons. The van der Waals surface area contributed by atoms with Crippen LogP contribution < -0.4 is 5.43 Å². The van der Waals surface area contributed by atoms with E-state index in [4.69, 9.17) is 0 Å². The summed E-state index contributed by atoms with van der Waals surface area (Å²) >= 11 is 0. The van der Waals surface area contributed by atoms with E-state index < -0.39 is 0 Å². The van der Waals surface area contributed by atoms with Crippen LogP contribution in [0.1, 0.15) is 21.8 Å². The zero-order valence-electron chi connectivity index (χ0n) is 19.0. The largest absolute Gasteiger partial charge is 0.309 e. The summed E-state index contributed by atoms with van der Waals surface area (Å²) in [6.07, 6.45) is 0. The third-order valence-corrected chi connectivity index (χ3v) is 7.25. The van der Waals surface area contributed by atoms with Crippen molar-refractivity contribution in [1.29, 1.82) is 0 Å². The third-order valence-electron chi connectivity index (χ3n) is 7.25. The number of nitrogens with zero attached hydrogens (tertiary/aromatic N) is 1. The van der Waals surface area contributed by atoms with Crippen LogP contribution in [0.2, 0.25) is 0 Å². The molecule has 1 heterocycles. The Kier molecular flexibility index (Phi) is 4.43. The van der Waals surface area contributed by atoms with E-state index in [0.717, 1.165) is 27.1 Å². The number of nitrogens with one attached hydrogen (secondary N) is 1. The van der Waals surface area contributed by atoms with Gasteiger partial charge in [0.2, 0.25) is 5.78 Å². The first-order chi connectivity index (χ1) is 17.3. The molecule has 0 fully saturated rings. The van der Waals surface area contributed by atoms with Crippen LogP contribution in [0, 0.1) is 0 Å². The molecule has 0 spiro atoms. The molecule has 0 amide bonds. The summed E-state index contributed by atoms with van der Waals surface area (Å²) in [4.78, 5) is 14.1. The minimum atomic E-state index is -0.123. The molecule has 35 heavy (non-hydrogen) atoms. The highest BCUT2D eigenvalue weighted by Crippen LogP contribution is 2.36. The van der Waals surface area contributed by atoms with E-state index in [1.54, 1.807) is 0 Å². The van der Waals surface area contributed by atoms with Gasteiger partial charge < -0.3 is 5.43 Å². The quantitative estimate of drug-likeness (QED) is 0.228. The smallest absolute Gasteiger partial charge is 0.210 e. The first-order valence-electron chi connectivity index (χ1n) is 12.0. The van der Waals surface area contributed by atoms with Gasteiger partial charge in [-0.25, -0.2) is 0 Å². The highest BCUT2D eigenvalue weighted by Gasteiger charge is 2.32. The normalized spacial score (nSPS) is 15.5. The second kappa shape index (κ2) is 7.78. The van der Waals surface area contributed by atoms with E-state index in [2.05, 4.69) is 83.3 Å². The van der Waals surface area contributed by atoms with Crippen molar-refractivity contribution in [3.63, 3.8) is 0 Å². The fourth-order valence-electron chi connectivity index (χ4n) is 5.61. The summed E-state index contributed by atoms with van der Waals surface area (Å²) in [5.74, 6) is -0.138. The van der Waals surface area contributed by atoms with Crippen molar-refractivity contribution in [2.45, 2.75) is 5.92 Å². The van der Waals surface area contributed by atoms with Crippen molar-refractivity contribution in [3.05, 3.63) is 120 Å². The van der Waals surface area contributed by atoms with Crippen LogP contribution in [-0.2, 0) is 0 Å². The topological polar surface area (TPSA) is 41.5 Å². The standard InChI is InChI=1S/C32H22N2O/c35-32(29-18-21-10-2-4-12-23(21)25-14-6-8-16-27(25)29)31-30(19-33-34-31)28-17-20-9-1-3-11-22(20)24-13-5-7-15-26(24)28/h1-18,30,33H,19H2/t30-/m1/s1. The Hall–Kier alpha value is -4.50. The minimum Gasteiger partial charge on any atom is -0.309 e. The lowest BCUT2D eigenvalue weighted by Crippen LogP contribution is -2.22. The van der Waals surface area contributed by atoms with Gasteiger partial charge in [-0.15, -0.1) is 0 Å². The van der Waals surface area contributed by atoms with E-state index in [1.165, 1.54) is 21.5 Å². The monoisotopic (exact) mass is 450 g/mol. The molecule has 1 atom stereocenters. The molecule has 7 rings (SSSR count). The summed E-state index contributed by atoms with van der Waals surface area (Å²) < 4.78 is 0. The van der Waals surface area contributed by atoms with Gasteiger partial charge in [0, 0.05) is 12.1 Å². The van der Waals surface area contributed by atoms with Crippen LogP contribution in [-0.4, -0.2) is 18.0 Å². The lowest BCUT2D eigenvalue weighted by molar-refractivity contribution is 0.106. The maximum atomic E-state index is 14.1. The SMILES string of the molecule is O=C(C1=NNC[C@@H]1c1cc2ccccc2c2ccccc12)c1cc2ccccc2c2ccccc12. The third kappa shape index (κ3) is 3.05. The summed E-state index contributed by atoms with van der Waals surface area (Å²) in [6.45, 7) is 0.606. The molecule has 0 saturated carbocycles. The first-order valence-corrected chi connectivity index (χ1v) is 12.0. The molecule has 0 aromatic heterocycles. The van der Waals surface area contributed by atoms with Gasteiger partial charge in [-0.05, 0) is 60.8 Å². The second-order valence-electron chi connectivity index (χ2n) is 9.16. The van der Waals surface area contributed by atoms with E-state index in [9.17, 15) is 4.79 Å². The van der Waals surface area contributed by atoms with Crippen molar-refractivity contribution < 1.29 is 4.79 Å². The Bertz CT molecular complexity index is 1830. The number of fused-ring (bicyclic) bond motifs is 6. The molecule has 1 aliphatic heterocycles. The number of hydrazone groups is 1. The molecule has 3 heteroatoms. The fourth-order valence-corrected chi connectivity index (χ4v) is 5.61. The van der Waals surface area contributed by atoms with Crippen LogP contribution in [0.4, 0.5) is 0 Å². The zero-order chi connectivity index (χ0) is 23.4. The maximum absolute atomic E-state index is 14.1. The van der Waals surface area contributed by atoms with Crippen molar-refractivity contribution in [2.75, 3.05) is 6.54 Å². The van der Waals surface area contributed by atoms with E-state index in [0.29, 0.717) is 17.8 Å². The van der Waals surface area contributed by atoms with E-state index in [1.807, 2.05) is 36.4 Å². The van der Waals surface area contributed by atoms with Crippen LogP contribution in [0.25, 0.3) is 43.1 Å². The number of carbonyl (C=O) groups excluding carboxylic acids is 1. The van der Waals surface area contributed by atoms with Crippen molar-refractivity contribution in [3.8, 4) is 0 Å². The van der Waals surface area contributed by atoms with Gasteiger partial charge in [0.05, 0.1) is 5.92 Å². The summed E-state index contributed by atoms with van der Waals surface area (Å²) in [7, 11) is 0. The zero-order valence-corrected chi connectivity index (χ0v) is 19.0. The molecular weight excluding hydrogens is 428 g/mol. The van der Waals surface area contributed by atoms with Crippen LogP contribution in [0.5, 0.6) is 0 Å². The molecule has 6 aromatic carbocycles. The van der Waals surface area contributed by atoms with Gasteiger partial charge in [0.15, 0.2) is 0 Å². The van der Waals surface area contributed by atoms with Gasteiger partial charge in [0.25, 0.3) is 0 Å². The number of ketones is 1. The average molecular weight is 451 g/mol. The first kappa shape index (κ1) is 19.9. The number of hydrogen-bond donors (Lipinski definition) is 1. The van der Waals surface area contributed by atoms with Gasteiger partial charge in [-0.3, -0.25) is 4.79 Å². The molecule has 0 aliphatic carbocycles. The molecule has 0 unspecified atom stereocenters. The summed E-state index contributed by atoms with van der Waals surface area (Å²) in [5, 5.41) is 13.6. The average Bonchev–Trinajstić information content (AvgIpc) is 3.41. The van der Waals surface area contributed by atoms with Crippen LogP contribution >= 0.6 is 0 Å². The van der Waals surface area contributed by atoms with Crippen molar-refractivity contribution >= 4 is 54.6 Å². The number of Topliss-reactive ketones (excluding diaryl/α,β-unsaturated/α-hetero) is 1. The highest BCUT2D eigenvalue weighted by molar-refractivity contribution is 6.50. The van der Waals surface area contributed by atoms with E-state index >= 15 is 0 Å². The van der Waals surface area contributed by atoms with Gasteiger partial charge in [0.1, 0.15) is 5.71 Å². The number of carbonyl (C=O) groups is 1. The number of rotatable bonds is 3. The fraction of sp³-hybridized carbons (Fsp3) is 0.0625. The number of hydrogen-bond acceptors (Lipinski definition) is 3. The molecule has 6 aromatic rings. The van der Waals surface area contributed by atoms with Gasteiger partial charge in [-0.1, -0.05) is 97.1 Å². The maximum Gasteiger partial charge on any atom is 0.210 e. The van der Waals surface area contributed by atoms with Gasteiger partial charge >= 0.3 is 0 Å². The molecule has 3 nitrogen and oxygen atoms in total. The van der Waals surface area contributed by atoms with Gasteiger partial charge in [-0.2, -0.15) is 5.10 Å². The Morgan fingerprint density at radius 2 is 1.14 bits per heavy atom. The lowest BCUT2D eigenvalue weighted by Gasteiger charge is -2.17. The lowest BCUT2D eigenvalue weighted by atomic mass is 9.84. The Morgan fingerprint density at radius 3 is 1.83 bits per heavy atom. The highest BCUT2D eigenvalue weighted by atomic mass is 16.1. The molecule has 1 aliphatic rings. The number of benzene rings is 6. The van der Waals surface area contributed by atoms with Crippen molar-refractivity contribution in [2.24, 2.45) is 5.10 Å². The molecule has 1 N–H and O–H groups in total. The summed E-state index contributed by atoms with van der Waals surface area (Å²) in [5.41, 5.74) is 5.56. The molecule has 0 saturated heterocycles. The van der Waals surface area contributed by atoms with E-state index in [-0.39, 0.29) is 11.7 Å². The van der Waals surface area contributed by atoms with Crippen LogP contribution in [0.3, 0.4) is 0 Å². The predicted octanol–water partition coefficient (Wildman–Crippen LogP) is 7.23. The van der Waals surface area contributed by atoms with Crippen molar-refractivity contribution in [1.82, 2.24) is 5.43 Å². The minimum absolute atomic E-state index is 0.0146. The Balaban J connectivity index is 1.42. The molecule has 0 bridgehead atoms. The summed E-state index contributed by atoms with van der Waals surface area (Å²) in [6, 6.07) is 37.6. The second-order valence-corrected chi connectivity index (χ2v) is 9.16. The predicted molar refractivity (Wildman–Crippen MR) is 145 cm³/mol.